The fourth-order valence-corrected chi connectivity index (χ4v) is 2.18. The Bertz CT molecular complexity index is 725. The molecule has 100 valence electrons. The van der Waals surface area contributed by atoms with Crippen LogP contribution in [-0.2, 0) is 6.54 Å². The molecule has 0 aliphatic heterocycles. The minimum Gasteiger partial charge on any atom is -0.459 e. The number of hydrogen-bond acceptors (Lipinski definition) is 2. The highest BCUT2D eigenvalue weighted by Gasteiger charge is 2.07. The van der Waals surface area contributed by atoms with Crippen molar-refractivity contribution in [3.63, 3.8) is 0 Å². The maximum absolute atomic E-state index is 12.0. The molecule has 0 aliphatic carbocycles. The van der Waals surface area contributed by atoms with Crippen LogP contribution in [0.3, 0.4) is 0 Å². The molecule has 1 amide bonds. The lowest BCUT2D eigenvalue weighted by Crippen LogP contribution is -2.22. The number of nitrogens with one attached hydrogen (secondary N) is 1. The van der Waals surface area contributed by atoms with Crippen LogP contribution in [0, 0.1) is 6.92 Å². The van der Waals surface area contributed by atoms with Crippen molar-refractivity contribution in [1.29, 1.82) is 0 Å². The number of carbonyl (C=O) groups is 1. The van der Waals surface area contributed by atoms with Gasteiger partial charge in [-0.2, -0.15) is 0 Å². The molecule has 1 heterocycles. The molecule has 3 aromatic rings. The molecule has 1 aromatic heterocycles. The molecule has 0 aliphatic rings. The van der Waals surface area contributed by atoms with Crippen LogP contribution in [0.1, 0.15) is 21.7 Å². The Morgan fingerprint density at radius 1 is 1.10 bits per heavy atom. The number of para-hydroxylation sites is 1. The van der Waals surface area contributed by atoms with Crippen LogP contribution in [0.4, 0.5) is 0 Å². The minimum absolute atomic E-state index is 0.0887. The van der Waals surface area contributed by atoms with Crippen molar-refractivity contribution in [2.45, 2.75) is 13.5 Å². The van der Waals surface area contributed by atoms with Gasteiger partial charge in [0, 0.05) is 10.9 Å². The van der Waals surface area contributed by atoms with Gasteiger partial charge >= 0.3 is 0 Å². The topological polar surface area (TPSA) is 42.2 Å². The Labute approximate surface area is 117 Å². The van der Waals surface area contributed by atoms with Crippen LogP contribution in [0.15, 0.2) is 59.0 Å². The summed E-state index contributed by atoms with van der Waals surface area (Å²) in [6.07, 6.45) is 0. The number of benzene rings is 2. The van der Waals surface area contributed by atoms with Gasteiger partial charge in [0.15, 0.2) is 0 Å². The average Bonchev–Trinajstić information content (AvgIpc) is 2.87. The van der Waals surface area contributed by atoms with Crippen LogP contribution in [0.25, 0.3) is 11.0 Å². The normalized spacial score (nSPS) is 10.7. The number of carbonyl (C=O) groups excluding carboxylic acids is 1. The lowest BCUT2D eigenvalue weighted by Gasteiger charge is -2.03. The molecule has 3 rings (SSSR count). The second kappa shape index (κ2) is 5.21. The van der Waals surface area contributed by atoms with E-state index in [0.717, 1.165) is 22.3 Å². The van der Waals surface area contributed by atoms with E-state index < -0.39 is 0 Å². The molecule has 3 nitrogen and oxygen atoms in total. The van der Waals surface area contributed by atoms with E-state index in [2.05, 4.69) is 5.32 Å². The van der Waals surface area contributed by atoms with Gasteiger partial charge in [0.2, 0.25) is 0 Å². The van der Waals surface area contributed by atoms with Gasteiger partial charge in [-0.3, -0.25) is 4.79 Å². The van der Waals surface area contributed by atoms with Gasteiger partial charge in [-0.05, 0) is 31.2 Å². The van der Waals surface area contributed by atoms with Crippen LogP contribution < -0.4 is 5.32 Å². The molecule has 0 radical (unpaired) electrons. The second-order valence-corrected chi connectivity index (χ2v) is 4.80. The highest BCUT2D eigenvalue weighted by molar-refractivity contribution is 5.94. The summed E-state index contributed by atoms with van der Waals surface area (Å²) in [4.78, 5) is 12.0. The molecule has 0 saturated heterocycles. The van der Waals surface area contributed by atoms with Crippen molar-refractivity contribution in [3.05, 3.63) is 71.5 Å². The number of furan rings is 1. The summed E-state index contributed by atoms with van der Waals surface area (Å²) < 4.78 is 5.66. The number of fused-ring (bicyclic) bond motifs is 1. The Hall–Kier alpha value is -2.55. The zero-order valence-electron chi connectivity index (χ0n) is 11.2. The molecule has 1 N–H and O–H groups in total. The van der Waals surface area contributed by atoms with Gasteiger partial charge in [0.1, 0.15) is 11.3 Å². The van der Waals surface area contributed by atoms with E-state index in [9.17, 15) is 4.79 Å². The van der Waals surface area contributed by atoms with Crippen LogP contribution in [-0.4, -0.2) is 5.91 Å². The number of aryl methyl sites for hydroxylation is 1. The van der Waals surface area contributed by atoms with Gasteiger partial charge in [0.05, 0.1) is 6.54 Å². The lowest BCUT2D eigenvalue weighted by atomic mass is 10.1. The fraction of sp³-hybridized carbons (Fsp3) is 0.118. The van der Waals surface area contributed by atoms with E-state index in [-0.39, 0.29) is 5.91 Å². The summed E-state index contributed by atoms with van der Waals surface area (Å²) in [5.74, 6) is 0.668. The monoisotopic (exact) mass is 265 g/mol. The third-order valence-electron chi connectivity index (χ3n) is 3.18. The molecular formula is C17H15NO2. The summed E-state index contributed by atoms with van der Waals surface area (Å²) in [5, 5.41) is 3.92. The Morgan fingerprint density at radius 3 is 2.75 bits per heavy atom. The first-order chi connectivity index (χ1) is 9.72. The number of amides is 1. The molecule has 0 saturated carbocycles. The largest absolute Gasteiger partial charge is 0.459 e. The molecule has 2 aromatic carbocycles. The molecule has 3 heteroatoms. The zero-order chi connectivity index (χ0) is 13.9. The molecule has 0 unspecified atom stereocenters. The summed E-state index contributed by atoms with van der Waals surface area (Å²) in [6, 6.07) is 17.3. The van der Waals surface area contributed by atoms with Crippen molar-refractivity contribution in [3.8, 4) is 0 Å². The smallest absolute Gasteiger partial charge is 0.251 e. The third-order valence-corrected chi connectivity index (χ3v) is 3.18. The SMILES string of the molecule is Cc1cccc(C(=O)NCc2cc3ccccc3o2)c1. The van der Waals surface area contributed by atoms with Crippen LogP contribution in [0.2, 0.25) is 0 Å². The number of rotatable bonds is 3. The quantitative estimate of drug-likeness (QED) is 0.785. The standard InChI is InChI=1S/C17H15NO2/c1-12-5-4-7-14(9-12)17(19)18-11-15-10-13-6-2-3-8-16(13)20-15/h2-10H,11H2,1H3,(H,18,19). The molecular weight excluding hydrogens is 250 g/mol. The van der Waals surface area contributed by atoms with Crippen molar-refractivity contribution in [2.24, 2.45) is 0 Å². The maximum atomic E-state index is 12.0. The van der Waals surface area contributed by atoms with Gasteiger partial charge in [-0.25, -0.2) is 0 Å². The first-order valence-electron chi connectivity index (χ1n) is 6.55. The fourth-order valence-electron chi connectivity index (χ4n) is 2.18. The van der Waals surface area contributed by atoms with E-state index >= 15 is 0 Å². The third kappa shape index (κ3) is 2.57. The van der Waals surface area contributed by atoms with E-state index in [1.54, 1.807) is 6.07 Å². The van der Waals surface area contributed by atoms with Gasteiger partial charge in [0.25, 0.3) is 5.91 Å². The van der Waals surface area contributed by atoms with Crippen LogP contribution >= 0.6 is 0 Å². The van der Waals surface area contributed by atoms with Crippen LogP contribution in [0.5, 0.6) is 0 Å². The molecule has 0 fully saturated rings. The molecule has 20 heavy (non-hydrogen) atoms. The van der Waals surface area contributed by atoms with E-state index in [1.807, 2.05) is 55.5 Å². The molecule has 0 spiro atoms. The highest BCUT2D eigenvalue weighted by Crippen LogP contribution is 2.18. The van der Waals surface area contributed by atoms with Gasteiger partial charge < -0.3 is 9.73 Å². The van der Waals surface area contributed by atoms with Gasteiger partial charge in [-0.15, -0.1) is 0 Å². The first kappa shape index (κ1) is 12.5. The van der Waals surface area contributed by atoms with Gasteiger partial charge in [-0.1, -0.05) is 35.9 Å². The van der Waals surface area contributed by atoms with Crippen molar-refractivity contribution in [1.82, 2.24) is 5.32 Å². The zero-order valence-corrected chi connectivity index (χ0v) is 11.2. The van der Waals surface area contributed by atoms with E-state index in [4.69, 9.17) is 4.42 Å². The number of hydrogen-bond donors (Lipinski definition) is 1. The molecule has 0 atom stereocenters. The maximum Gasteiger partial charge on any atom is 0.251 e. The summed E-state index contributed by atoms with van der Waals surface area (Å²) >= 11 is 0. The Morgan fingerprint density at radius 2 is 1.95 bits per heavy atom. The Kier molecular flexibility index (Phi) is 3.25. The minimum atomic E-state index is -0.0887. The predicted octanol–water partition coefficient (Wildman–Crippen LogP) is 3.67. The van der Waals surface area contributed by atoms with E-state index in [1.165, 1.54) is 0 Å². The lowest BCUT2D eigenvalue weighted by molar-refractivity contribution is 0.0948. The Balaban J connectivity index is 1.71. The second-order valence-electron chi connectivity index (χ2n) is 4.80. The highest BCUT2D eigenvalue weighted by atomic mass is 16.3. The summed E-state index contributed by atoms with van der Waals surface area (Å²) in [7, 11) is 0. The predicted molar refractivity (Wildman–Crippen MR) is 78.6 cm³/mol. The average molecular weight is 265 g/mol. The molecule has 0 bridgehead atoms. The summed E-state index contributed by atoms with van der Waals surface area (Å²) in [6.45, 7) is 2.36. The van der Waals surface area contributed by atoms with Crippen molar-refractivity contribution < 1.29 is 9.21 Å². The van der Waals surface area contributed by atoms with Crippen molar-refractivity contribution in [2.75, 3.05) is 0 Å². The van der Waals surface area contributed by atoms with Crippen molar-refractivity contribution >= 4 is 16.9 Å². The first-order valence-corrected chi connectivity index (χ1v) is 6.55. The summed E-state index contributed by atoms with van der Waals surface area (Å²) in [5.41, 5.74) is 2.58. The van der Waals surface area contributed by atoms with E-state index in [0.29, 0.717) is 12.1 Å².